The number of hydrogen-bond donors (Lipinski definition) is 3. The average Bonchev–Trinajstić information content (AvgIpc) is 3.10. The third-order valence-corrected chi connectivity index (χ3v) is 7.80. The van der Waals surface area contributed by atoms with E-state index in [1.807, 2.05) is 44.2 Å². The van der Waals surface area contributed by atoms with E-state index in [4.69, 9.17) is 18.9 Å². The summed E-state index contributed by atoms with van der Waals surface area (Å²) in [6.45, 7) is 7.83. The van der Waals surface area contributed by atoms with E-state index in [1.54, 1.807) is 0 Å². The van der Waals surface area contributed by atoms with Gasteiger partial charge in [-0.1, -0.05) is 76.8 Å². The van der Waals surface area contributed by atoms with Crippen molar-refractivity contribution in [2.75, 3.05) is 52.7 Å². The largest absolute Gasteiger partial charge is 0.461 e. The monoisotopic (exact) mass is 705 g/mol. The predicted molar refractivity (Wildman–Crippen MR) is 192 cm³/mol. The summed E-state index contributed by atoms with van der Waals surface area (Å²) in [6, 6.07) is 9.36. The minimum Gasteiger partial charge on any atom is -0.461 e. The van der Waals surface area contributed by atoms with Crippen LogP contribution >= 0.6 is 0 Å². The molecular weight excluding hydrogens is 642 g/mol. The van der Waals surface area contributed by atoms with Crippen LogP contribution in [0.2, 0.25) is 0 Å². The Labute approximate surface area is 299 Å². The molecule has 0 bridgehead atoms. The second kappa shape index (κ2) is 29.4. The van der Waals surface area contributed by atoms with Crippen LogP contribution in [0.25, 0.3) is 0 Å². The number of Topliss-reactive ketones (excluding diaryl/α,β-unsaturated/α-hetero) is 1. The van der Waals surface area contributed by atoms with Crippen LogP contribution in [-0.2, 0) is 49.5 Å². The number of ketones is 1. The predicted octanol–water partition coefficient (Wildman–Crippen LogP) is 4.96. The van der Waals surface area contributed by atoms with Crippen LogP contribution in [0.15, 0.2) is 30.3 Å². The first-order valence-electron chi connectivity index (χ1n) is 18.5. The number of carbonyl (C=O) groups excluding carboxylic acids is 5. The number of amides is 3. The molecule has 0 radical (unpaired) electrons. The van der Waals surface area contributed by atoms with Gasteiger partial charge in [0.25, 0.3) is 0 Å². The SMILES string of the molecule is CCCCCC(=O)CCOCC(COCCC(=O)NCCCC)(COCCC(=O)NCCCC)NC(=O)CCCC(=O)OCc1ccccc1. The molecule has 1 aromatic rings. The van der Waals surface area contributed by atoms with E-state index in [9.17, 15) is 24.0 Å². The second-order valence-electron chi connectivity index (χ2n) is 12.6. The Morgan fingerprint density at radius 1 is 0.580 bits per heavy atom. The number of hydrogen-bond acceptors (Lipinski definition) is 9. The Morgan fingerprint density at radius 3 is 1.66 bits per heavy atom. The van der Waals surface area contributed by atoms with Crippen LogP contribution < -0.4 is 16.0 Å². The molecule has 0 fully saturated rings. The van der Waals surface area contributed by atoms with Gasteiger partial charge in [0.1, 0.15) is 17.9 Å². The van der Waals surface area contributed by atoms with Gasteiger partial charge in [0, 0.05) is 51.6 Å². The molecule has 1 rings (SSSR count). The number of carbonyl (C=O) groups is 5. The molecular formula is C38H63N3O9. The minimum atomic E-state index is -1.17. The van der Waals surface area contributed by atoms with E-state index in [0.717, 1.165) is 50.5 Å². The summed E-state index contributed by atoms with van der Waals surface area (Å²) in [4.78, 5) is 62.4. The molecule has 0 spiro atoms. The van der Waals surface area contributed by atoms with Gasteiger partial charge in [0.15, 0.2) is 0 Å². The maximum atomic E-state index is 13.3. The van der Waals surface area contributed by atoms with Gasteiger partial charge in [0.2, 0.25) is 17.7 Å². The van der Waals surface area contributed by atoms with E-state index in [2.05, 4.69) is 22.9 Å². The maximum absolute atomic E-state index is 13.3. The van der Waals surface area contributed by atoms with Crippen molar-refractivity contribution in [2.45, 2.75) is 123 Å². The van der Waals surface area contributed by atoms with Crippen LogP contribution in [0, 0.1) is 0 Å². The third-order valence-electron chi connectivity index (χ3n) is 7.80. The smallest absolute Gasteiger partial charge is 0.306 e. The molecule has 0 unspecified atom stereocenters. The van der Waals surface area contributed by atoms with Gasteiger partial charge < -0.3 is 34.9 Å². The van der Waals surface area contributed by atoms with Crippen LogP contribution in [0.5, 0.6) is 0 Å². The quantitative estimate of drug-likeness (QED) is 0.0696. The third kappa shape index (κ3) is 23.9. The highest BCUT2D eigenvalue weighted by atomic mass is 16.5. The molecule has 0 aliphatic rings. The molecule has 0 aliphatic carbocycles. The molecule has 3 N–H and O–H groups in total. The number of unbranched alkanes of at least 4 members (excludes halogenated alkanes) is 4. The molecule has 0 saturated carbocycles. The lowest BCUT2D eigenvalue weighted by Crippen LogP contribution is -2.58. The zero-order valence-corrected chi connectivity index (χ0v) is 30.8. The van der Waals surface area contributed by atoms with Gasteiger partial charge in [-0.3, -0.25) is 24.0 Å². The van der Waals surface area contributed by atoms with E-state index < -0.39 is 11.5 Å². The van der Waals surface area contributed by atoms with E-state index in [1.165, 1.54) is 0 Å². The Balaban J connectivity index is 2.88. The van der Waals surface area contributed by atoms with Gasteiger partial charge in [-0.15, -0.1) is 0 Å². The number of rotatable bonds is 32. The molecule has 50 heavy (non-hydrogen) atoms. The average molecular weight is 706 g/mol. The normalized spacial score (nSPS) is 11.2. The highest BCUT2D eigenvalue weighted by Gasteiger charge is 2.34. The summed E-state index contributed by atoms with van der Waals surface area (Å²) < 4.78 is 23.1. The van der Waals surface area contributed by atoms with Crippen LogP contribution in [0.4, 0.5) is 0 Å². The zero-order chi connectivity index (χ0) is 36.7. The Morgan fingerprint density at radius 2 is 1.12 bits per heavy atom. The van der Waals surface area contributed by atoms with Gasteiger partial charge in [0.05, 0.1) is 39.6 Å². The molecule has 0 heterocycles. The van der Waals surface area contributed by atoms with Gasteiger partial charge in [-0.05, 0) is 31.2 Å². The Kier molecular flexibility index (Phi) is 26.3. The van der Waals surface area contributed by atoms with Crippen molar-refractivity contribution < 1.29 is 42.9 Å². The van der Waals surface area contributed by atoms with Crippen molar-refractivity contribution in [3.63, 3.8) is 0 Å². The van der Waals surface area contributed by atoms with Crippen LogP contribution in [0.1, 0.15) is 116 Å². The van der Waals surface area contributed by atoms with Crippen molar-refractivity contribution >= 4 is 29.5 Å². The number of nitrogens with one attached hydrogen (secondary N) is 3. The minimum absolute atomic E-state index is 0.0223. The summed E-state index contributed by atoms with van der Waals surface area (Å²) in [5.74, 6) is -0.892. The fourth-order valence-corrected chi connectivity index (χ4v) is 4.80. The first kappa shape index (κ1) is 44.7. The molecule has 12 heteroatoms. The van der Waals surface area contributed by atoms with Crippen molar-refractivity contribution in [1.82, 2.24) is 16.0 Å². The van der Waals surface area contributed by atoms with Gasteiger partial charge >= 0.3 is 5.97 Å². The van der Waals surface area contributed by atoms with E-state index in [0.29, 0.717) is 19.5 Å². The molecule has 0 atom stereocenters. The molecule has 0 aromatic heterocycles. The maximum Gasteiger partial charge on any atom is 0.306 e. The fraction of sp³-hybridized carbons (Fsp3) is 0.711. The lowest BCUT2D eigenvalue weighted by atomic mass is 10.0. The Bertz CT molecular complexity index is 1010. The second-order valence-corrected chi connectivity index (χ2v) is 12.6. The number of ether oxygens (including phenoxy) is 4. The van der Waals surface area contributed by atoms with Crippen molar-refractivity contribution in [3.8, 4) is 0 Å². The van der Waals surface area contributed by atoms with E-state index >= 15 is 0 Å². The lowest BCUT2D eigenvalue weighted by molar-refractivity contribution is -0.145. The molecule has 1 aromatic carbocycles. The molecule has 3 amide bonds. The summed E-state index contributed by atoms with van der Waals surface area (Å²) in [7, 11) is 0. The molecule has 12 nitrogen and oxygen atoms in total. The fourth-order valence-electron chi connectivity index (χ4n) is 4.80. The first-order valence-corrected chi connectivity index (χ1v) is 18.5. The van der Waals surface area contributed by atoms with Crippen molar-refractivity contribution in [3.05, 3.63) is 35.9 Å². The zero-order valence-electron chi connectivity index (χ0n) is 30.8. The first-order chi connectivity index (χ1) is 24.2. The van der Waals surface area contributed by atoms with Crippen molar-refractivity contribution in [1.29, 1.82) is 0 Å². The molecule has 0 saturated heterocycles. The summed E-state index contributed by atoms with van der Waals surface area (Å²) in [5.41, 5.74) is -0.295. The lowest BCUT2D eigenvalue weighted by Gasteiger charge is -2.34. The highest BCUT2D eigenvalue weighted by Crippen LogP contribution is 2.13. The number of esters is 1. The van der Waals surface area contributed by atoms with Gasteiger partial charge in [-0.25, -0.2) is 0 Å². The topological polar surface area (TPSA) is 158 Å². The van der Waals surface area contributed by atoms with Crippen LogP contribution in [-0.4, -0.2) is 87.7 Å². The Hall–Kier alpha value is -3.35. The molecule has 284 valence electrons. The summed E-state index contributed by atoms with van der Waals surface area (Å²) >= 11 is 0. The molecule has 0 aliphatic heterocycles. The van der Waals surface area contributed by atoms with Crippen LogP contribution in [0.3, 0.4) is 0 Å². The van der Waals surface area contributed by atoms with Crippen molar-refractivity contribution in [2.24, 2.45) is 0 Å². The summed E-state index contributed by atoms with van der Waals surface area (Å²) in [6.07, 6.45) is 7.99. The van der Waals surface area contributed by atoms with Gasteiger partial charge in [-0.2, -0.15) is 0 Å². The highest BCUT2D eigenvalue weighted by molar-refractivity contribution is 5.79. The summed E-state index contributed by atoms with van der Waals surface area (Å²) in [5, 5.41) is 8.72. The standard InChI is InChI=1S/C38H63N3O9/c1-4-7-11-17-33(42)20-25-47-29-38(30-48-26-21-34(43)39-23-8-5-2,31-49-27-22-35(44)40-24-9-6-3)41-36(45)18-14-19-37(46)50-28-32-15-12-10-13-16-32/h10,12-13,15-16H,4-9,11,14,17-31H2,1-3H3,(H,39,43)(H,40,44)(H,41,45). The van der Waals surface area contributed by atoms with E-state index in [-0.39, 0.29) is 108 Å². The number of benzene rings is 1.